The molecule has 2 heterocycles. The smallest absolute Gasteiger partial charge is 0.416 e. The largest absolute Gasteiger partial charge is 0.478 e. The van der Waals surface area contributed by atoms with Gasteiger partial charge in [0.25, 0.3) is 5.91 Å². The molecule has 3 aromatic rings. The Morgan fingerprint density at radius 1 is 1.07 bits per heavy atom. The number of aliphatic hydroxyl groups is 1. The number of nitrogens with one attached hydrogen (secondary N) is 3. The monoisotopic (exact) mass is 592 g/mol. The van der Waals surface area contributed by atoms with Gasteiger partial charge in [-0.1, -0.05) is 42.5 Å². The summed E-state index contributed by atoms with van der Waals surface area (Å²) in [7, 11) is 0. The van der Waals surface area contributed by atoms with E-state index in [1.807, 2.05) is 30.3 Å². The topological polar surface area (TPSA) is 116 Å². The van der Waals surface area contributed by atoms with Gasteiger partial charge in [-0.25, -0.2) is 4.79 Å². The lowest BCUT2D eigenvalue weighted by Crippen LogP contribution is -2.50. The molecule has 1 saturated carbocycles. The molecule has 5 N–H and O–H groups in total. The van der Waals surface area contributed by atoms with E-state index in [-0.39, 0.29) is 30.2 Å². The Hall–Kier alpha value is -3.38. The molecule has 0 spiro atoms. The molecule has 1 fully saturated rings. The number of halogens is 4. The minimum absolute atomic E-state index is 0. The van der Waals surface area contributed by atoms with Crippen molar-refractivity contribution in [1.82, 2.24) is 20.5 Å². The molecular formula is C29H32ClF3N4O4. The van der Waals surface area contributed by atoms with Crippen molar-refractivity contribution in [3.05, 3.63) is 94.3 Å². The van der Waals surface area contributed by atoms with Crippen molar-refractivity contribution in [1.29, 1.82) is 0 Å². The van der Waals surface area contributed by atoms with Crippen LogP contribution in [0.1, 0.15) is 56.1 Å². The molecule has 220 valence electrons. The van der Waals surface area contributed by atoms with Gasteiger partial charge < -0.3 is 30.7 Å². The first-order valence-electron chi connectivity index (χ1n) is 13.2. The van der Waals surface area contributed by atoms with E-state index < -0.39 is 41.3 Å². The third-order valence-electron chi connectivity index (χ3n) is 7.70. The summed E-state index contributed by atoms with van der Waals surface area (Å²) < 4.78 is 41.5. The highest BCUT2D eigenvalue weighted by molar-refractivity contribution is 5.98. The first-order valence-corrected chi connectivity index (χ1v) is 13.2. The van der Waals surface area contributed by atoms with Crippen LogP contribution in [0.5, 0.6) is 0 Å². The van der Waals surface area contributed by atoms with Crippen LogP contribution >= 0.6 is 12.4 Å². The third-order valence-corrected chi connectivity index (χ3v) is 7.70. The van der Waals surface area contributed by atoms with Gasteiger partial charge in [-0.05, 0) is 48.6 Å². The van der Waals surface area contributed by atoms with Gasteiger partial charge in [0.05, 0.1) is 23.3 Å². The van der Waals surface area contributed by atoms with Crippen molar-refractivity contribution in [2.24, 2.45) is 0 Å². The van der Waals surface area contributed by atoms with E-state index in [1.54, 1.807) is 10.6 Å². The number of carbonyl (C=O) groups is 2. The lowest BCUT2D eigenvalue weighted by atomic mass is 9.98. The van der Waals surface area contributed by atoms with Crippen LogP contribution < -0.4 is 16.0 Å². The van der Waals surface area contributed by atoms with Gasteiger partial charge in [-0.15, -0.1) is 12.4 Å². The number of amides is 1. The predicted molar refractivity (Wildman–Crippen MR) is 148 cm³/mol. The molecule has 5 rings (SSSR count). The fourth-order valence-electron chi connectivity index (χ4n) is 5.33. The van der Waals surface area contributed by atoms with Gasteiger partial charge in [-0.2, -0.15) is 13.2 Å². The maximum Gasteiger partial charge on any atom is 0.416 e. The minimum Gasteiger partial charge on any atom is -0.478 e. The standard InChI is InChI=1S/C29H31F3N4O4.ClH/c30-29(31,32)20-8-4-7-19(14-20)28(9-10-28)34-17-25(37)22(13-18-5-2-1-3-6-18)35-26(38)23-15-21(27(39)40)24-16-33-11-12-36(23)24;/h1-8,14-15,22,25,33-34,37H,9-13,16-17H2,(H,35,38)(H,39,40);1H/t22-,25+;/m0./s1. The van der Waals surface area contributed by atoms with Crippen LogP contribution in [-0.4, -0.2) is 51.9 Å². The molecule has 2 atom stereocenters. The number of carboxylic acids is 1. The van der Waals surface area contributed by atoms with E-state index in [4.69, 9.17) is 0 Å². The number of rotatable bonds is 10. The summed E-state index contributed by atoms with van der Waals surface area (Å²) in [6, 6.07) is 15.1. The van der Waals surface area contributed by atoms with Crippen molar-refractivity contribution >= 4 is 24.3 Å². The number of nitrogens with zero attached hydrogens (tertiary/aromatic N) is 1. The molecule has 1 aliphatic carbocycles. The zero-order valence-electron chi connectivity index (χ0n) is 22.1. The Morgan fingerprint density at radius 3 is 2.46 bits per heavy atom. The molecule has 0 unspecified atom stereocenters. The zero-order chi connectivity index (χ0) is 28.5. The first-order chi connectivity index (χ1) is 19.1. The maximum absolute atomic E-state index is 13.4. The fourth-order valence-corrected chi connectivity index (χ4v) is 5.33. The van der Waals surface area contributed by atoms with Gasteiger partial charge in [0.2, 0.25) is 0 Å². The highest BCUT2D eigenvalue weighted by atomic mass is 35.5. The van der Waals surface area contributed by atoms with Gasteiger partial charge in [-0.3, -0.25) is 4.79 Å². The van der Waals surface area contributed by atoms with Gasteiger partial charge >= 0.3 is 12.1 Å². The van der Waals surface area contributed by atoms with Crippen LogP contribution in [0.3, 0.4) is 0 Å². The Bertz CT molecular complexity index is 1390. The van der Waals surface area contributed by atoms with Crippen molar-refractivity contribution in [2.45, 2.75) is 56.2 Å². The second kappa shape index (κ2) is 12.2. The highest BCUT2D eigenvalue weighted by Crippen LogP contribution is 2.46. The number of hydrogen-bond acceptors (Lipinski definition) is 5. The second-order valence-electron chi connectivity index (χ2n) is 10.4. The first kappa shape index (κ1) is 30.6. The number of alkyl halides is 3. The Balaban J connectivity index is 0.00000387. The molecule has 1 aromatic heterocycles. The summed E-state index contributed by atoms with van der Waals surface area (Å²) in [6.07, 6.45) is -3.99. The van der Waals surface area contributed by atoms with Crippen LogP contribution in [0.2, 0.25) is 0 Å². The van der Waals surface area contributed by atoms with Crippen LogP contribution in [0.4, 0.5) is 13.2 Å². The Labute approximate surface area is 241 Å². The van der Waals surface area contributed by atoms with Crippen molar-refractivity contribution in [3.63, 3.8) is 0 Å². The molecular weight excluding hydrogens is 561 g/mol. The summed E-state index contributed by atoms with van der Waals surface area (Å²) in [5, 5.41) is 30.1. The number of hydrogen-bond donors (Lipinski definition) is 5. The van der Waals surface area contributed by atoms with Crippen molar-refractivity contribution < 1.29 is 33.0 Å². The quantitative estimate of drug-likeness (QED) is 0.245. The predicted octanol–water partition coefficient (Wildman–Crippen LogP) is 3.71. The van der Waals surface area contributed by atoms with E-state index in [1.165, 1.54) is 12.1 Å². The Kier molecular flexibility index (Phi) is 9.13. The summed E-state index contributed by atoms with van der Waals surface area (Å²) >= 11 is 0. The molecule has 1 aliphatic heterocycles. The number of carbonyl (C=O) groups excluding carboxylic acids is 1. The van der Waals surface area contributed by atoms with Gasteiger partial charge in [0.1, 0.15) is 5.69 Å². The van der Waals surface area contributed by atoms with Gasteiger partial charge in [0, 0.05) is 37.4 Å². The number of carboxylic acid groups (broad SMARTS) is 1. The lowest BCUT2D eigenvalue weighted by Gasteiger charge is -2.28. The summed E-state index contributed by atoms with van der Waals surface area (Å²) in [4.78, 5) is 25.2. The van der Waals surface area contributed by atoms with E-state index >= 15 is 0 Å². The summed E-state index contributed by atoms with van der Waals surface area (Å²) in [5.41, 5.74) is 0.756. The van der Waals surface area contributed by atoms with Crippen molar-refractivity contribution in [3.8, 4) is 0 Å². The SMILES string of the molecule is Cl.O=C(O)c1cc(C(=O)N[C@@H](Cc2ccccc2)[C@H](O)CNC2(c3cccc(C(F)(F)F)c3)CC2)n2c1CNCC2. The van der Waals surface area contributed by atoms with Crippen LogP contribution in [0, 0.1) is 0 Å². The molecule has 2 aromatic carbocycles. The lowest BCUT2D eigenvalue weighted by molar-refractivity contribution is -0.137. The molecule has 0 radical (unpaired) electrons. The highest BCUT2D eigenvalue weighted by Gasteiger charge is 2.45. The van der Waals surface area contributed by atoms with Gasteiger partial charge in [0.15, 0.2) is 0 Å². The van der Waals surface area contributed by atoms with Crippen molar-refractivity contribution in [2.75, 3.05) is 13.1 Å². The van der Waals surface area contributed by atoms with E-state index in [2.05, 4.69) is 16.0 Å². The number of aromatic carboxylic acids is 1. The molecule has 1 amide bonds. The number of aliphatic hydroxyl groups excluding tert-OH is 1. The zero-order valence-corrected chi connectivity index (χ0v) is 22.9. The van der Waals surface area contributed by atoms with Crippen LogP contribution in [-0.2, 0) is 31.2 Å². The maximum atomic E-state index is 13.4. The Morgan fingerprint density at radius 2 is 1.80 bits per heavy atom. The molecule has 2 aliphatic rings. The van der Waals surface area contributed by atoms with E-state index in [9.17, 15) is 33.0 Å². The fraction of sp³-hybridized carbons (Fsp3) is 0.379. The number of fused-ring (bicyclic) bond motifs is 1. The van der Waals surface area contributed by atoms with E-state index in [0.29, 0.717) is 50.2 Å². The summed E-state index contributed by atoms with van der Waals surface area (Å²) in [6.45, 7) is 1.37. The minimum atomic E-state index is -4.45. The molecule has 12 heteroatoms. The number of benzene rings is 2. The molecule has 41 heavy (non-hydrogen) atoms. The third kappa shape index (κ3) is 6.75. The normalized spacial score (nSPS) is 17.1. The van der Waals surface area contributed by atoms with Crippen LogP contribution in [0.15, 0.2) is 60.7 Å². The molecule has 0 bridgehead atoms. The second-order valence-corrected chi connectivity index (χ2v) is 10.4. The molecule has 0 saturated heterocycles. The molecule has 8 nitrogen and oxygen atoms in total. The summed E-state index contributed by atoms with van der Waals surface area (Å²) in [5.74, 6) is -1.63. The van der Waals surface area contributed by atoms with E-state index in [0.717, 1.165) is 17.7 Å². The average Bonchev–Trinajstić information content (AvgIpc) is 3.63. The number of aromatic nitrogens is 1. The van der Waals surface area contributed by atoms with Crippen LogP contribution in [0.25, 0.3) is 0 Å². The average molecular weight is 593 g/mol.